The summed E-state index contributed by atoms with van der Waals surface area (Å²) >= 11 is 0. The van der Waals surface area contributed by atoms with Gasteiger partial charge in [-0.05, 0) is 6.92 Å². The zero-order chi connectivity index (χ0) is 6.41. The molecule has 0 aromatic rings. The van der Waals surface area contributed by atoms with Crippen molar-refractivity contribution < 1.29 is 9.90 Å². The highest BCUT2D eigenvalue weighted by Crippen LogP contribution is 1.82. The molecule has 0 saturated carbocycles. The number of aliphatic hydroxyl groups excluding tert-OH is 1. The Morgan fingerprint density at radius 2 is 2.25 bits per heavy atom. The summed E-state index contributed by atoms with van der Waals surface area (Å²) in [5.74, 6) is 0.120. The molecule has 8 heavy (non-hydrogen) atoms. The van der Waals surface area contributed by atoms with Gasteiger partial charge in [0.15, 0.2) is 0 Å². The predicted molar refractivity (Wildman–Crippen MR) is 31.5 cm³/mol. The molecular formula is C6H10O2. The van der Waals surface area contributed by atoms with Gasteiger partial charge in [0.2, 0.25) is 0 Å². The van der Waals surface area contributed by atoms with Crippen molar-refractivity contribution in [2.75, 3.05) is 6.61 Å². The van der Waals surface area contributed by atoms with Crippen LogP contribution in [0, 0.1) is 0 Å². The summed E-state index contributed by atoms with van der Waals surface area (Å²) in [5, 5.41) is 8.18. The first kappa shape index (κ1) is 7.37. The van der Waals surface area contributed by atoms with Gasteiger partial charge in [-0.3, -0.25) is 4.79 Å². The summed E-state index contributed by atoms with van der Waals surface area (Å²) in [6.07, 6.45) is 3.64. The Morgan fingerprint density at radius 1 is 1.62 bits per heavy atom. The Labute approximate surface area is 48.8 Å². The molecule has 2 heteroatoms. The van der Waals surface area contributed by atoms with Gasteiger partial charge >= 0.3 is 0 Å². The molecule has 2 nitrogen and oxygen atoms in total. The maximum atomic E-state index is 10.2. The van der Waals surface area contributed by atoms with E-state index in [1.807, 2.05) is 0 Å². The van der Waals surface area contributed by atoms with Crippen molar-refractivity contribution in [1.29, 1.82) is 0 Å². The van der Waals surface area contributed by atoms with Crippen molar-refractivity contribution >= 4 is 5.78 Å². The number of rotatable bonds is 3. The van der Waals surface area contributed by atoms with E-state index in [0.29, 0.717) is 6.42 Å². The molecule has 46 valence electrons. The number of Topliss-reactive ketones (excluding diaryl/α,β-unsaturated/α-hetero) is 1. The number of hydrogen-bond acceptors (Lipinski definition) is 2. The van der Waals surface area contributed by atoms with Crippen LogP contribution in [-0.2, 0) is 4.79 Å². The molecule has 0 radical (unpaired) electrons. The van der Waals surface area contributed by atoms with Crippen LogP contribution in [0.25, 0.3) is 0 Å². The van der Waals surface area contributed by atoms with Gasteiger partial charge in [-0.25, -0.2) is 0 Å². The monoisotopic (exact) mass is 114 g/mol. The lowest BCUT2D eigenvalue weighted by atomic mass is 10.3. The van der Waals surface area contributed by atoms with E-state index in [4.69, 9.17) is 5.11 Å². The highest BCUT2D eigenvalue weighted by atomic mass is 16.2. The molecule has 0 aliphatic rings. The standard InChI is InChI=1S/C6H10O2/c1-6(8)4-2-3-5-7/h2-3,7H,4-5H2,1H3. The average molecular weight is 114 g/mol. The van der Waals surface area contributed by atoms with E-state index in [1.165, 1.54) is 6.92 Å². The van der Waals surface area contributed by atoms with Gasteiger partial charge < -0.3 is 5.11 Å². The van der Waals surface area contributed by atoms with E-state index in [2.05, 4.69) is 0 Å². The fourth-order valence-corrected chi connectivity index (χ4v) is 0.324. The fourth-order valence-electron chi connectivity index (χ4n) is 0.324. The third kappa shape index (κ3) is 5.37. The third-order valence-electron chi connectivity index (χ3n) is 0.677. The van der Waals surface area contributed by atoms with Crippen LogP contribution in [0.3, 0.4) is 0 Å². The topological polar surface area (TPSA) is 37.3 Å². The molecular weight excluding hydrogens is 104 g/mol. The van der Waals surface area contributed by atoms with Crippen LogP contribution in [0.15, 0.2) is 12.2 Å². The largest absolute Gasteiger partial charge is 0.392 e. The van der Waals surface area contributed by atoms with Crippen molar-refractivity contribution in [1.82, 2.24) is 0 Å². The summed E-state index contributed by atoms with van der Waals surface area (Å²) in [5.41, 5.74) is 0. The van der Waals surface area contributed by atoms with Crippen molar-refractivity contribution in [2.45, 2.75) is 13.3 Å². The second-order valence-corrected chi connectivity index (χ2v) is 1.56. The van der Waals surface area contributed by atoms with Crippen molar-refractivity contribution in [2.24, 2.45) is 0 Å². The summed E-state index contributed by atoms with van der Waals surface area (Å²) in [6, 6.07) is 0. The minimum atomic E-state index is 0.0211. The highest BCUT2D eigenvalue weighted by molar-refractivity contribution is 5.76. The van der Waals surface area contributed by atoms with Crippen molar-refractivity contribution in [3.8, 4) is 0 Å². The summed E-state index contributed by atoms with van der Waals surface area (Å²) in [4.78, 5) is 10.2. The highest BCUT2D eigenvalue weighted by Gasteiger charge is 1.82. The number of carbonyl (C=O) groups is 1. The Kier molecular flexibility index (Phi) is 4.17. The van der Waals surface area contributed by atoms with Gasteiger partial charge in [0.05, 0.1) is 6.61 Å². The summed E-state index contributed by atoms with van der Waals surface area (Å²) in [7, 11) is 0. The van der Waals surface area contributed by atoms with Crippen LogP contribution < -0.4 is 0 Å². The molecule has 1 N–H and O–H groups in total. The molecule has 0 spiro atoms. The number of carbonyl (C=O) groups excluding carboxylic acids is 1. The summed E-state index contributed by atoms with van der Waals surface area (Å²) in [6.45, 7) is 1.54. The molecule has 0 rings (SSSR count). The van der Waals surface area contributed by atoms with Crippen molar-refractivity contribution in [3.05, 3.63) is 12.2 Å². The minimum absolute atomic E-state index is 0.0211. The van der Waals surface area contributed by atoms with Gasteiger partial charge in [0.25, 0.3) is 0 Å². The first-order valence-electron chi connectivity index (χ1n) is 2.52. The number of hydrogen-bond donors (Lipinski definition) is 1. The molecule has 0 aliphatic heterocycles. The second-order valence-electron chi connectivity index (χ2n) is 1.56. The van der Waals surface area contributed by atoms with Crippen LogP contribution in [-0.4, -0.2) is 17.5 Å². The maximum Gasteiger partial charge on any atom is 0.133 e. The average Bonchev–Trinajstić information content (AvgIpc) is 1.66. The zero-order valence-corrected chi connectivity index (χ0v) is 4.92. The van der Waals surface area contributed by atoms with Gasteiger partial charge in [0, 0.05) is 6.42 Å². The van der Waals surface area contributed by atoms with E-state index in [0.717, 1.165) is 0 Å². The Morgan fingerprint density at radius 3 is 2.62 bits per heavy atom. The molecule has 0 saturated heterocycles. The van der Waals surface area contributed by atoms with E-state index in [-0.39, 0.29) is 12.4 Å². The van der Waals surface area contributed by atoms with Crippen LogP contribution in [0.2, 0.25) is 0 Å². The summed E-state index contributed by atoms with van der Waals surface area (Å²) < 4.78 is 0. The minimum Gasteiger partial charge on any atom is -0.392 e. The first-order valence-corrected chi connectivity index (χ1v) is 2.52. The van der Waals surface area contributed by atoms with E-state index in [1.54, 1.807) is 12.2 Å². The number of allylic oxidation sites excluding steroid dienone is 1. The predicted octanol–water partition coefficient (Wildman–Crippen LogP) is 0.514. The lowest BCUT2D eigenvalue weighted by Crippen LogP contribution is -1.84. The molecule has 0 atom stereocenters. The Hall–Kier alpha value is -0.630. The maximum absolute atomic E-state index is 10.2. The SMILES string of the molecule is CC(=O)CC=CCO. The van der Waals surface area contributed by atoms with Crippen LogP contribution in [0.5, 0.6) is 0 Å². The normalized spacial score (nSPS) is 10.2. The van der Waals surface area contributed by atoms with E-state index >= 15 is 0 Å². The van der Waals surface area contributed by atoms with E-state index < -0.39 is 0 Å². The molecule has 0 fully saturated rings. The van der Waals surface area contributed by atoms with Crippen LogP contribution >= 0.6 is 0 Å². The second kappa shape index (κ2) is 4.53. The van der Waals surface area contributed by atoms with Gasteiger partial charge in [0.1, 0.15) is 5.78 Å². The van der Waals surface area contributed by atoms with Gasteiger partial charge in [-0.15, -0.1) is 0 Å². The molecule has 0 aromatic carbocycles. The van der Waals surface area contributed by atoms with Gasteiger partial charge in [-0.1, -0.05) is 12.2 Å². The third-order valence-corrected chi connectivity index (χ3v) is 0.677. The molecule has 0 aliphatic carbocycles. The smallest absolute Gasteiger partial charge is 0.133 e. The van der Waals surface area contributed by atoms with Gasteiger partial charge in [-0.2, -0.15) is 0 Å². The molecule has 0 amide bonds. The molecule has 0 heterocycles. The van der Waals surface area contributed by atoms with Crippen molar-refractivity contribution in [3.63, 3.8) is 0 Å². The quantitative estimate of drug-likeness (QED) is 0.543. The van der Waals surface area contributed by atoms with E-state index in [9.17, 15) is 4.79 Å². The van der Waals surface area contributed by atoms with Crippen LogP contribution in [0.1, 0.15) is 13.3 Å². The Bertz CT molecular complexity index is 94.7. The van der Waals surface area contributed by atoms with Crippen LogP contribution in [0.4, 0.5) is 0 Å². The molecule has 0 bridgehead atoms. The molecule has 0 unspecified atom stereocenters. The lowest BCUT2D eigenvalue weighted by Gasteiger charge is -1.80. The Balaban J connectivity index is 3.16. The number of ketones is 1. The number of aliphatic hydroxyl groups is 1. The first-order chi connectivity index (χ1) is 3.77. The lowest BCUT2D eigenvalue weighted by molar-refractivity contribution is -0.116. The zero-order valence-electron chi connectivity index (χ0n) is 4.92. The molecule has 0 aromatic heterocycles. The fraction of sp³-hybridized carbons (Fsp3) is 0.500.